The van der Waals surface area contributed by atoms with Gasteiger partial charge in [0.15, 0.2) is 0 Å². The number of thioether (sulfide) groups is 1. The van der Waals surface area contributed by atoms with Gasteiger partial charge in [-0.15, -0.1) is 11.8 Å². The van der Waals surface area contributed by atoms with Crippen molar-refractivity contribution >= 4 is 11.8 Å². The average Bonchev–Trinajstić information content (AvgIpc) is 2.54. The predicted molar refractivity (Wildman–Crippen MR) is 79.1 cm³/mol. The third-order valence-electron chi connectivity index (χ3n) is 3.75. The lowest BCUT2D eigenvalue weighted by Gasteiger charge is -2.23. The lowest BCUT2D eigenvalue weighted by Crippen LogP contribution is -2.10. The molecule has 0 saturated heterocycles. The zero-order valence-electron chi connectivity index (χ0n) is 11.2. The lowest BCUT2D eigenvalue weighted by atomic mass is 9.81. The lowest BCUT2D eigenvalue weighted by molar-refractivity contribution is 0.548. The topological polar surface area (TPSA) is 0 Å². The Kier molecular flexibility index (Phi) is 3.36. The summed E-state index contributed by atoms with van der Waals surface area (Å²) in [6, 6.07) is 13.8. The Balaban J connectivity index is 2.23. The van der Waals surface area contributed by atoms with Crippen LogP contribution in [0.2, 0.25) is 0 Å². The molecule has 3 rings (SSSR count). The number of rotatable bonds is 1. The number of hydrogen-bond acceptors (Lipinski definition) is 1. The summed E-state index contributed by atoms with van der Waals surface area (Å²) in [4.78, 5) is 1.22. The van der Waals surface area contributed by atoms with Crippen LogP contribution in [0, 0.1) is 11.7 Å². The van der Waals surface area contributed by atoms with Crippen LogP contribution >= 0.6 is 11.8 Å². The first-order valence-corrected chi connectivity index (χ1v) is 7.65. The molecule has 0 aromatic heterocycles. The van der Waals surface area contributed by atoms with E-state index in [1.807, 2.05) is 17.8 Å². The van der Waals surface area contributed by atoms with Crippen LogP contribution < -0.4 is 0 Å². The second-order valence-corrected chi connectivity index (χ2v) is 6.41. The summed E-state index contributed by atoms with van der Waals surface area (Å²) in [5.74, 6) is 1.58. The van der Waals surface area contributed by atoms with Gasteiger partial charge in [0.2, 0.25) is 0 Å². The highest BCUT2D eigenvalue weighted by molar-refractivity contribution is 7.98. The van der Waals surface area contributed by atoms with Gasteiger partial charge in [-0.3, -0.25) is 0 Å². The first kappa shape index (κ1) is 12.7. The smallest absolute Gasteiger partial charge is 0.123 e. The van der Waals surface area contributed by atoms with Gasteiger partial charge in [-0.25, -0.2) is 4.39 Å². The van der Waals surface area contributed by atoms with E-state index in [1.165, 1.54) is 16.0 Å². The molecule has 1 heterocycles. The van der Waals surface area contributed by atoms with E-state index >= 15 is 0 Å². The molecule has 1 atom stereocenters. The SMILES string of the molecule is CC(C)C1c2ccccc2CSc2ccc(F)cc21. The van der Waals surface area contributed by atoms with Crippen molar-refractivity contribution in [3.05, 3.63) is 65.0 Å². The Morgan fingerprint density at radius 2 is 1.89 bits per heavy atom. The van der Waals surface area contributed by atoms with Gasteiger partial charge in [-0.2, -0.15) is 0 Å². The van der Waals surface area contributed by atoms with Crippen LogP contribution in [0.25, 0.3) is 0 Å². The van der Waals surface area contributed by atoms with Crippen LogP contribution in [0.15, 0.2) is 47.4 Å². The highest BCUT2D eigenvalue weighted by Gasteiger charge is 2.26. The normalized spacial score (nSPS) is 17.8. The van der Waals surface area contributed by atoms with E-state index in [0.717, 1.165) is 11.3 Å². The van der Waals surface area contributed by atoms with Gasteiger partial charge in [0.05, 0.1) is 0 Å². The van der Waals surface area contributed by atoms with Crippen LogP contribution in [-0.2, 0) is 5.75 Å². The first-order chi connectivity index (χ1) is 9.16. The molecule has 2 aromatic carbocycles. The van der Waals surface area contributed by atoms with E-state index in [9.17, 15) is 4.39 Å². The molecule has 0 radical (unpaired) electrons. The minimum Gasteiger partial charge on any atom is -0.207 e. The Morgan fingerprint density at radius 3 is 2.68 bits per heavy atom. The standard InChI is InChI=1S/C17H17FS/c1-11(2)17-14-6-4-3-5-12(14)10-19-16-8-7-13(18)9-15(16)17/h3-9,11,17H,10H2,1-2H3. The summed E-state index contributed by atoms with van der Waals surface area (Å²) in [7, 11) is 0. The molecular weight excluding hydrogens is 255 g/mol. The number of hydrogen-bond donors (Lipinski definition) is 0. The molecule has 0 aliphatic carbocycles. The molecule has 1 aliphatic rings. The number of benzene rings is 2. The van der Waals surface area contributed by atoms with Crippen molar-refractivity contribution in [3.8, 4) is 0 Å². The summed E-state index contributed by atoms with van der Waals surface area (Å²) >= 11 is 1.82. The molecule has 1 unspecified atom stereocenters. The second-order valence-electron chi connectivity index (χ2n) is 5.39. The molecule has 19 heavy (non-hydrogen) atoms. The van der Waals surface area contributed by atoms with Crippen molar-refractivity contribution in [3.63, 3.8) is 0 Å². The molecule has 0 nitrogen and oxygen atoms in total. The summed E-state index contributed by atoms with van der Waals surface area (Å²) in [5.41, 5.74) is 3.88. The Hall–Kier alpha value is -1.28. The van der Waals surface area contributed by atoms with E-state index < -0.39 is 0 Å². The first-order valence-electron chi connectivity index (χ1n) is 6.67. The monoisotopic (exact) mass is 272 g/mol. The minimum atomic E-state index is -0.135. The predicted octanol–water partition coefficient (Wildman–Crippen LogP) is 5.22. The van der Waals surface area contributed by atoms with E-state index in [2.05, 4.69) is 38.1 Å². The molecule has 0 fully saturated rings. The van der Waals surface area contributed by atoms with Crippen molar-refractivity contribution in [1.82, 2.24) is 0 Å². The molecular formula is C17H17FS. The summed E-state index contributed by atoms with van der Waals surface area (Å²) in [6.07, 6.45) is 0. The van der Waals surface area contributed by atoms with E-state index in [4.69, 9.17) is 0 Å². The van der Waals surface area contributed by atoms with Gasteiger partial charge in [-0.1, -0.05) is 38.1 Å². The Morgan fingerprint density at radius 1 is 1.11 bits per heavy atom. The Bertz CT molecular complexity index is 604. The van der Waals surface area contributed by atoms with E-state index in [0.29, 0.717) is 5.92 Å². The Labute approximate surface area is 118 Å². The van der Waals surface area contributed by atoms with Gasteiger partial charge in [0.1, 0.15) is 5.82 Å². The van der Waals surface area contributed by atoms with Crippen molar-refractivity contribution < 1.29 is 4.39 Å². The zero-order valence-corrected chi connectivity index (χ0v) is 12.0. The maximum atomic E-state index is 13.6. The number of fused-ring (bicyclic) bond motifs is 2. The fourth-order valence-electron chi connectivity index (χ4n) is 2.90. The van der Waals surface area contributed by atoms with Crippen LogP contribution in [0.5, 0.6) is 0 Å². The van der Waals surface area contributed by atoms with Crippen molar-refractivity contribution in [2.75, 3.05) is 0 Å². The highest BCUT2D eigenvalue weighted by atomic mass is 32.2. The third-order valence-corrected chi connectivity index (χ3v) is 4.89. The fraction of sp³-hybridized carbons (Fsp3) is 0.294. The van der Waals surface area contributed by atoms with Crippen molar-refractivity contribution in [1.29, 1.82) is 0 Å². The van der Waals surface area contributed by atoms with Gasteiger partial charge >= 0.3 is 0 Å². The zero-order chi connectivity index (χ0) is 13.4. The minimum absolute atomic E-state index is 0.135. The van der Waals surface area contributed by atoms with Crippen LogP contribution in [-0.4, -0.2) is 0 Å². The van der Waals surface area contributed by atoms with Gasteiger partial charge in [0, 0.05) is 16.6 Å². The fourth-order valence-corrected chi connectivity index (χ4v) is 3.99. The van der Waals surface area contributed by atoms with Gasteiger partial charge < -0.3 is 0 Å². The highest BCUT2D eigenvalue weighted by Crippen LogP contribution is 2.43. The summed E-state index contributed by atoms with van der Waals surface area (Å²) in [6.45, 7) is 4.43. The average molecular weight is 272 g/mol. The molecule has 1 aliphatic heterocycles. The summed E-state index contributed by atoms with van der Waals surface area (Å²) in [5, 5.41) is 0. The van der Waals surface area contributed by atoms with Gasteiger partial charge in [-0.05, 0) is 40.8 Å². The maximum Gasteiger partial charge on any atom is 0.123 e. The molecule has 2 heteroatoms. The van der Waals surface area contributed by atoms with Crippen molar-refractivity contribution in [2.24, 2.45) is 5.92 Å². The maximum absolute atomic E-state index is 13.6. The van der Waals surface area contributed by atoms with Gasteiger partial charge in [0.25, 0.3) is 0 Å². The quantitative estimate of drug-likeness (QED) is 0.686. The largest absolute Gasteiger partial charge is 0.207 e. The molecule has 0 saturated carbocycles. The second kappa shape index (κ2) is 5.01. The molecule has 0 N–H and O–H groups in total. The van der Waals surface area contributed by atoms with Crippen LogP contribution in [0.4, 0.5) is 4.39 Å². The number of halogens is 1. The third kappa shape index (κ3) is 2.30. The van der Waals surface area contributed by atoms with E-state index in [-0.39, 0.29) is 11.7 Å². The van der Waals surface area contributed by atoms with Crippen LogP contribution in [0.1, 0.15) is 36.5 Å². The van der Waals surface area contributed by atoms with Crippen molar-refractivity contribution in [2.45, 2.75) is 30.4 Å². The molecule has 0 bridgehead atoms. The molecule has 2 aromatic rings. The molecule has 0 spiro atoms. The van der Waals surface area contributed by atoms with E-state index in [1.54, 1.807) is 12.1 Å². The van der Waals surface area contributed by atoms with Crippen LogP contribution in [0.3, 0.4) is 0 Å². The molecule has 98 valence electrons. The summed E-state index contributed by atoms with van der Waals surface area (Å²) < 4.78 is 13.6. The molecule has 0 amide bonds.